The highest BCUT2D eigenvalue weighted by Gasteiger charge is 2.34. The minimum atomic E-state index is -0.980. The number of halogens is 1. The number of rotatable bonds is 8. The van der Waals surface area contributed by atoms with E-state index in [1.54, 1.807) is 48.7 Å². The molecular weight excluding hydrogens is 468 g/mol. The lowest BCUT2D eigenvalue weighted by molar-refractivity contribution is -0.127. The van der Waals surface area contributed by atoms with Crippen LogP contribution in [-0.2, 0) is 9.59 Å². The van der Waals surface area contributed by atoms with Crippen molar-refractivity contribution in [1.82, 2.24) is 15.6 Å². The molecule has 0 unspecified atom stereocenters. The van der Waals surface area contributed by atoms with Crippen LogP contribution in [0.25, 0.3) is 0 Å². The van der Waals surface area contributed by atoms with Crippen LogP contribution in [0.5, 0.6) is 0 Å². The molecule has 1 atom stereocenters. The first-order valence-electron chi connectivity index (χ1n) is 11.6. The van der Waals surface area contributed by atoms with E-state index in [1.807, 2.05) is 0 Å². The maximum Gasteiger partial charge on any atom is 0.287 e. The van der Waals surface area contributed by atoms with Crippen molar-refractivity contribution in [3.05, 3.63) is 83.5 Å². The molecule has 1 aliphatic rings. The van der Waals surface area contributed by atoms with E-state index < -0.39 is 17.9 Å². The van der Waals surface area contributed by atoms with Crippen molar-refractivity contribution in [2.75, 3.05) is 11.4 Å². The van der Waals surface area contributed by atoms with Gasteiger partial charge < -0.3 is 15.1 Å². The van der Waals surface area contributed by atoms with Gasteiger partial charge >= 0.3 is 0 Å². The third-order valence-electron chi connectivity index (χ3n) is 5.98. The third kappa shape index (κ3) is 6.27. The Morgan fingerprint density at radius 3 is 2.49 bits per heavy atom. The summed E-state index contributed by atoms with van der Waals surface area (Å²) in [5, 5.41) is 6.23. The average molecular weight is 495 g/mol. The van der Waals surface area contributed by atoms with Crippen LogP contribution in [0.1, 0.15) is 54.3 Å². The molecule has 0 aliphatic heterocycles. The zero-order valence-electron chi connectivity index (χ0n) is 19.2. The van der Waals surface area contributed by atoms with Gasteiger partial charge in [-0.2, -0.15) is 0 Å². The van der Waals surface area contributed by atoms with Gasteiger partial charge in [-0.3, -0.25) is 24.3 Å². The molecule has 182 valence electrons. The molecule has 1 aromatic carbocycles. The number of hydrogen-bond donors (Lipinski definition) is 2. The van der Waals surface area contributed by atoms with Crippen LogP contribution in [0, 0.1) is 0 Å². The van der Waals surface area contributed by atoms with Crippen molar-refractivity contribution in [3.8, 4) is 0 Å². The van der Waals surface area contributed by atoms with Crippen molar-refractivity contribution in [1.29, 1.82) is 0 Å². The summed E-state index contributed by atoms with van der Waals surface area (Å²) >= 11 is 6.10. The second-order valence-corrected chi connectivity index (χ2v) is 8.87. The van der Waals surface area contributed by atoms with Crippen molar-refractivity contribution >= 4 is 35.0 Å². The zero-order valence-corrected chi connectivity index (χ0v) is 19.9. The van der Waals surface area contributed by atoms with Crippen molar-refractivity contribution in [2.45, 2.75) is 44.2 Å². The van der Waals surface area contributed by atoms with E-state index in [0.717, 1.165) is 32.1 Å². The summed E-state index contributed by atoms with van der Waals surface area (Å²) in [5.41, 5.74) is 1.03. The third-order valence-corrected chi connectivity index (χ3v) is 6.23. The zero-order chi connectivity index (χ0) is 24.6. The molecule has 3 amide bonds. The highest BCUT2D eigenvalue weighted by Crippen LogP contribution is 2.29. The second kappa shape index (κ2) is 11.7. The van der Waals surface area contributed by atoms with E-state index >= 15 is 0 Å². The maximum absolute atomic E-state index is 13.7. The Bertz CT molecular complexity index is 1130. The molecular formula is C26H27ClN4O4. The number of aromatic nitrogens is 1. The molecule has 8 nitrogen and oxygen atoms in total. The monoisotopic (exact) mass is 494 g/mol. The summed E-state index contributed by atoms with van der Waals surface area (Å²) in [7, 11) is 0. The predicted molar refractivity (Wildman–Crippen MR) is 132 cm³/mol. The van der Waals surface area contributed by atoms with E-state index in [4.69, 9.17) is 16.0 Å². The first-order valence-corrected chi connectivity index (χ1v) is 12.0. The molecule has 0 spiro atoms. The highest BCUT2D eigenvalue weighted by atomic mass is 35.5. The summed E-state index contributed by atoms with van der Waals surface area (Å²) in [4.78, 5) is 45.1. The molecule has 9 heteroatoms. The number of hydrogen-bond acceptors (Lipinski definition) is 5. The van der Waals surface area contributed by atoms with Gasteiger partial charge in [0.1, 0.15) is 6.04 Å². The van der Waals surface area contributed by atoms with Gasteiger partial charge in [-0.15, -0.1) is 0 Å². The van der Waals surface area contributed by atoms with E-state index in [-0.39, 0.29) is 24.3 Å². The molecule has 2 heterocycles. The SMILES string of the molecule is O=C(NCC(=O)N(c1cccnc1)[C@H](C(=O)NC1CCCCC1)c1ccc(Cl)cc1)c1ccco1. The largest absolute Gasteiger partial charge is 0.459 e. The number of nitrogens with one attached hydrogen (secondary N) is 2. The summed E-state index contributed by atoms with van der Waals surface area (Å²) in [5.74, 6) is -1.20. The van der Waals surface area contributed by atoms with Crippen LogP contribution >= 0.6 is 11.6 Å². The predicted octanol–water partition coefficient (Wildman–Crippen LogP) is 4.28. The van der Waals surface area contributed by atoms with Gasteiger partial charge in [0, 0.05) is 17.3 Å². The molecule has 2 aromatic heterocycles. The van der Waals surface area contributed by atoms with Crippen molar-refractivity contribution < 1.29 is 18.8 Å². The molecule has 1 fully saturated rings. The van der Waals surface area contributed by atoms with Gasteiger partial charge in [0.2, 0.25) is 11.8 Å². The second-order valence-electron chi connectivity index (χ2n) is 8.43. The Morgan fingerprint density at radius 2 is 1.83 bits per heavy atom. The number of carbonyl (C=O) groups is 3. The van der Waals surface area contributed by atoms with E-state index in [1.165, 1.54) is 23.4 Å². The Morgan fingerprint density at radius 1 is 1.06 bits per heavy atom. The van der Waals surface area contributed by atoms with Gasteiger partial charge in [-0.05, 0) is 54.8 Å². The summed E-state index contributed by atoms with van der Waals surface area (Å²) < 4.78 is 5.10. The molecule has 0 bridgehead atoms. The quantitative estimate of drug-likeness (QED) is 0.486. The Kier molecular flexibility index (Phi) is 8.15. The van der Waals surface area contributed by atoms with Crippen LogP contribution in [-0.4, -0.2) is 35.3 Å². The number of carbonyl (C=O) groups excluding carboxylic acids is 3. The Hall–Kier alpha value is -3.65. The van der Waals surface area contributed by atoms with Gasteiger partial charge in [-0.1, -0.05) is 43.0 Å². The summed E-state index contributed by atoms with van der Waals surface area (Å²) in [6, 6.07) is 12.4. The normalized spacial score (nSPS) is 14.7. The fourth-order valence-electron chi connectivity index (χ4n) is 4.26. The number of nitrogens with zero attached hydrogens (tertiary/aromatic N) is 2. The summed E-state index contributed by atoms with van der Waals surface area (Å²) in [6.45, 7) is -0.338. The highest BCUT2D eigenvalue weighted by molar-refractivity contribution is 6.30. The van der Waals surface area contributed by atoms with Gasteiger partial charge in [0.25, 0.3) is 5.91 Å². The molecule has 1 saturated carbocycles. The topological polar surface area (TPSA) is 105 Å². The lowest BCUT2D eigenvalue weighted by atomic mass is 9.94. The fourth-order valence-corrected chi connectivity index (χ4v) is 4.39. The standard InChI is InChI=1S/C26H27ClN4O4/c27-19-12-10-18(11-13-19)24(26(34)30-20-6-2-1-3-7-20)31(21-8-4-14-28-16-21)23(32)17-29-25(33)22-9-5-15-35-22/h4-5,8-16,20,24H,1-3,6-7,17H2,(H,29,33)(H,30,34)/t24-/m0/s1. The first kappa shape index (κ1) is 24.5. The van der Waals surface area contributed by atoms with Crippen molar-refractivity contribution in [2.24, 2.45) is 0 Å². The van der Waals surface area contributed by atoms with E-state index in [9.17, 15) is 14.4 Å². The lowest BCUT2D eigenvalue weighted by Gasteiger charge is -2.33. The van der Waals surface area contributed by atoms with E-state index in [0.29, 0.717) is 16.3 Å². The average Bonchev–Trinajstić information content (AvgIpc) is 3.43. The Labute approximate surface area is 208 Å². The summed E-state index contributed by atoms with van der Waals surface area (Å²) in [6.07, 6.45) is 9.56. The van der Waals surface area contributed by atoms with Crippen LogP contribution in [0.4, 0.5) is 5.69 Å². The lowest BCUT2D eigenvalue weighted by Crippen LogP contribution is -2.49. The smallest absolute Gasteiger partial charge is 0.287 e. The van der Waals surface area contributed by atoms with Crippen LogP contribution in [0.2, 0.25) is 5.02 Å². The molecule has 0 saturated heterocycles. The number of pyridine rings is 1. The molecule has 2 N–H and O–H groups in total. The van der Waals surface area contributed by atoms with Crippen molar-refractivity contribution in [3.63, 3.8) is 0 Å². The van der Waals surface area contributed by atoms with Crippen LogP contribution in [0.3, 0.4) is 0 Å². The molecule has 35 heavy (non-hydrogen) atoms. The number of benzene rings is 1. The van der Waals surface area contributed by atoms with Gasteiger partial charge in [0.15, 0.2) is 5.76 Å². The molecule has 4 rings (SSSR count). The number of furan rings is 1. The van der Waals surface area contributed by atoms with Gasteiger partial charge in [-0.25, -0.2) is 0 Å². The minimum Gasteiger partial charge on any atom is -0.459 e. The molecule has 0 radical (unpaired) electrons. The first-order chi connectivity index (χ1) is 17.0. The van der Waals surface area contributed by atoms with E-state index in [2.05, 4.69) is 15.6 Å². The van der Waals surface area contributed by atoms with Crippen LogP contribution < -0.4 is 15.5 Å². The molecule has 3 aromatic rings. The van der Waals surface area contributed by atoms with Crippen LogP contribution in [0.15, 0.2) is 71.6 Å². The number of anilines is 1. The molecule has 1 aliphatic carbocycles. The number of amides is 3. The maximum atomic E-state index is 13.7. The van der Waals surface area contributed by atoms with Gasteiger partial charge in [0.05, 0.1) is 24.7 Å². The fraction of sp³-hybridized carbons (Fsp3) is 0.308. The minimum absolute atomic E-state index is 0.0514. The Balaban J connectivity index is 1.65.